The summed E-state index contributed by atoms with van der Waals surface area (Å²) in [5.41, 5.74) is 1.59. The normalized spacial score (nSPS) is 11.9. The summed E-state index contributed by atoms with van der Waals surface area (Å²) in [5, 5.41) is 3.61. The lowest BCUT2D eigenvalue weighted by Gasteiger charge is -2.15. The van der Waals surface area contributed by atoms with E-state index in [1.807, 2.05) is 36.4 Å². The maximum absolute atomic E-state index is 11.7. The molecular weight excluding hydrogens is 256 g/mol. The lowest BCUT2D eigenvalue weighted by Crippen LogP contribution is -2.42. The largest absolute Gasteiger partial charge is 0.467 e. The highest BCUT2D eigenvalue weighted by Gasteiger charge is 2.21. The summed E-state index contributed by atoms with van der Waals surface area (Å²) in [6, 6.07) is 10.8. The van der Waals surface area contributed by atoms with Gasteiger partial charge < -0.3 is 10.1 Å². The zero-order chi connectivity index (χ0) is 14.5. The van der Waals surface area contributed by atoms with Crippen LogP contribution in [0.25, 0.3) is 10.9 Å². The van der Waals surface area contributed by atoms with Crippen LogP contribution in [0.4, 0.5) is 0 Å². The summed E-state index contributed by atoms with van der Waals surface area (Å²) in [6.45, 7) is 1.36. The summed E-state index contributed by atoms with van der Waals surface area (Å²) in [6.07, 6.45) is 0.303. The minimum absolute atomic E-state index is 0.277. The molecule has 0 saturated heterocycles. The molecule has 0 saturated carbocycles. The van der Waals surface area contributed by atoms with Gasteiger partial charge in [-0.2, -0.15) is 0 Å². The third-order valence-electron chi connectivity index (χ3n) is 2.93. The van der Waals surface area contributed by atoms with Crippen molar-refractivity contribution in [1.82, 2.24) is 10.3 Å². The summed E-state index contributed by atoms with van der Waals surface area (Å²) in [5.74, 6) is -0.753. The number of fused-ring (bicyclic) bond motifs is 1. The van der Waals surface area contributed by atoms with Crippen LogP contribution in [-0.4, -0.2) is 30.0 Å². The number of aromatic nitrogens is 1. The van der Waals surface area contributed by atoms with Crippen LogP contribution in [0.1, 0.15) is 12.6 Å². The third kappa shape index (κ3) is 3.32. The predicted molar refractivity (Wildman–Crippen MR) is 75.1 cm³/mol. The molecule has 1 amide bonds. The number of benzene rings is 1. The van der Waals surface area contributed by atoms with Crippen LogP contribution in [-0.2, 0) is 20.7 Å². The van der Waals surface area contributed by atoms with Gasteiger partial charge in [0.2, 0.25) is 5.91 Å². The number of esters is 1. The van der Waals surface area contributed by atoms with Crippen molar-refractivity contribution in [2.24, 2.45) is 0 Å². The Morgan fingerprint density at radius 1 is 1.25 bits per heavy atom. The van der Waals surface area contributed by atoms with Crippen LogP contribution >= 0.6 is 0 Å². The summed E-state index contributed by atoms with van der Waals surface area (Å²) < 4.78 is 4.69. The monoisotopic (exact) mass is 272 g/mol. The van der Waals surface area contributed by atoms with Gasteiger partial charge in [0.05, 0.1) is 12.6 Å². The second-order valence-electron chi connectivity index (χ2n) is 4.48. The topological polar surface area (TPSA) is 68.3 Å². The number of hydrogen-bond donors (Lipinski definition) is 1. The van der Waals surface area contributed by atoms with Crippen LogP contribution in [0.3, 0.4) is 0 Å². The van der Waals surface area contributed by atoms with Gasteiger partial charge >= 0.3 is 5.97 Å². The highest BCUT2D eigenvalue weighted by Crippen LogP contribution is 2.13. The van der Waals surface area contributed by atoms with Crippen LogP contribution in [0, 0.1) is 0 Å². The second kappa shape index (κ2) is 6.14. The lowest BCUT2D eigenvalue weighted by atomic mass is 10.1. The number of amides is 1. The quantitative estimate of drug-likeness (QED) is 0.855. The van der Waals surface area contributed by atoms with Gasteiger partial charge in [-0.25, -0.2) is 4.79 Å². The molecule has 0 unspecified atom stereocenters. The average Bonchev–Trinajstić information content (AvgIpc) is 2.45. The van der Waals surface area contributed by atoms with Crippen molar-refractivity contribution < 1.29 is 14.3 Å². The molecule has 2 aromatic rings. The SMILES string of the molecule is COC(=O)[C@@H](Cc1ccc2ccccc2n1)NC(C)=O. The van der Waals surface area contributed by atoms with Crippen molar-refractivity contribution in [3.05, 3.63) is 42.1 Å². The van der Waals surface area contributed by atoms with E-state index in [1.54, 1.807) is 0 Å². The molecular formula is C15H16N2O3. The molecule has 0 aliphatic rings. The molecule has 0 radical (unpaired) electrons. The molecule has 5 nitrogen and oxygen atoms in total. The first-order valence-electron chi connectivity index (χ1n) is 6.30. The molecule has 5 heteroatoms. The number of ether oxygens (including phenoxy) is 1. The van der Waals surface area contributed by atoms with Crippen molar-refractivity contribution in [3.63, 3.8) is 0 Å². The number of methoxy groups -OCH3 is 1. The van der Waals surface area contributed by atoms with Crippen LogP contribution < -0.4 is 5.32 Å². The number of hydrogen-bond acceptors (Lipinski definition) is 4. The number of rotatable bonds is 4. The Hall–Kier alpha value is -2.43. The molecule has 0 aliphatic carbocycles. The molecule has 20 heavy (non-hydrogen) atoms. The van der Waals surface area contributed by atoms with Crippen molar-refractivity contribution in [1.29, 1.82) is 0 Å². The third-order valence-corrected chi connectivity index (χ3v) is 2.93. The first-order valence-corrected chi connectivity index (χ1v) is 6.30. The molecule has 104 valence electrons. The number of nitrogens with one attached hydrogen (secondary N) is 1. The number of nitrogens with zero attached hydrogens (tertiary/aromatic N) is 1. The van der Waals surface area contributed by atoms with E-state index in [4.69, 9.17) is 4.74 Å². The van der Waals surface area contributed by atoms with Gasteiger partial charge in [0.15, 0.2) is 0 Å². The van der Waals surface area contributed by atoms with Gasteiger partial charge in [-0.1, -0.05) is 24.3 Å². The molecule has 1 heterocycles. The van der Waals surface area contributed by atoms with Gasteiger partial charge in [-0.3, -0.25) is 9.78 Å². The Balaban J connectivity index is 2.23. The van der Waals surface area contributed by atoms with Crippen molar-refractivity contribution >= 4 is 22.8 Å². The van der Waals surface area contributed by atoms with E-state index in [2.05, 4.69) is 10.3 Å². The standard InChI is InChI=1S/C15H16N2O3/c1-10(18)16-14(15(19)20-2)9-12-8-7-11-5-3-4-6-13(11)17-12/h3-8,14H,9H2,1-2H3,(H,16,18)/t14-/m1/s1. The summed E-state index contributed by atoms with van der Waals surface area (Å²) >= 11 is 0. The Morgan fingerprint density at radius 3 is 2.70 bits per heavy atom. The van der Waals surface area contributed by atoms with Gasteiger partial charge in [0.1, 0.15) is 6.04 Å². The Labute approximate surface area is 117 Å². The van der Waals surface area contributed by atoms with E-state index in [0.29, 0.717) is 6.42 Å². The molecule has 1 N–H and O–H groups in total. The zero-order valence-electron chi connectivity index (χ0n) is 11.4. The number of carbonyl (C=O) groups excluding carboxylic acids is 2. The maximum Gasteiger partial charge on any atom is 0.328 e. The van der Waals surface area contributed by atoms with E-state index in [9.17, 15) is 9.59 Å². The minimum atomic E-state index is -0.717. The summed E-state index contributed by atoms with van der Waals surface area (Å²) in [7, 11) is 1.30. The fraction of sp³-hybridized carbons (Fsp3) is 0.267. The minimum Gasteiger partial charge on any atom is -0.467 e. The highest BCUT2D eigenvalue weighted by molar-refractivity contribution is 5.83. The number of pyridine rings is 1. The van der Waals surface area contributed by atoms with Crippen molar-refractivity contribution in [2.75, 3.05) is 7.11 Å². The maximum atomic E-state index is 11.7. The fourth-order valence-electron chi connectivity index (χ4n) is 2.01. The smallest absolute Gasteiger partial charge is 0.328 e. The molecule has 1 aromatic heterocycles. The second-order valence-corrected chi connectivity index (χ2v) is 4.48. The van der Waals surface area contributed by atoms with Crippen LogP contribution in [0.5, 0.6) is 0 Å². The molecule has 0 bridgehead atoms. The molecule has 2 rings (SSSR count). The van der Waals surface area contributed by atoms with Gasteiger partial charge in [0, 0.05) is 24.4 Å². The fourth-order valence-corrected chi connectivity index (χ4v) is 2.01. The molecule has 0 spiro atoms. The number of carbonyl (C=O) groups is 2. The average molecular weight is 272 g/mol. The first-order chi connectivity index (χ1) is 9.60. The Morgan fingerprint density at radius 2 is 2.00 bits per heavy atom. The van der Waals surface area contributed by atoms with E-state index in [-0.39, 0.29) is 5.91 Å². The van der Waals surface area contributed by atoms with Crippen LogP contribution in [0.2, 0.25) is 0 Å². The number of para-hydroxylation sites is 1. The Kier molecular flexibility index (Phi) is 4.30. The van der Waals surface area contributed by atoms with Crippen LogP contribution in [0.15, 0.2) is 36.4 Å². The van der Waals surface area contributed by atoms with Crippen molar-refractivity contribution in [2.45, 2.75) is 19.4 Å². The van der Waals surface area contributed by atoms with Gasteiger partial charge in [0.25, 0.3) is 0 Å². The van der Waals surface area contributed by atoms with E-state index in [0.717, 1.165) is 16.6 Å². The zero-order valence-corrected chi connectivity index (χ0v) is 11.4. The molecule has 1 aromatic carbocycles. The predicted octanol–water partition coefficient (Wildman–Crippen LogP) is 1.45. The van der Waals surface area contributed by atoms with E-state index < -0.39 is 12.0 Å². The lowest BCUT2D eigenvalue weighted by molar-refractivity contribution is -0.144. The van der Waals surface area contributed by atoms with Crippen molar-refractivity contribution in [3.8, 4) is 0 Å². The molecule has 1 atom stereocenters. The molecule has 0 aliphatic heterocycles. The Bertz CT molecular complexity index is 640. The first kappa shape index (κ1) is 14.0. The van der Waals surface area contributed by atoms with Gasteiger partial charge in [-0.05, 0) is 12.1 Å². The van der Waals surface area contributed by atoms with E-state index >= 15 is 0 Å². The van der Waals surface area contributed by atoms with Gasteiger partial charge in [-0.15, -0.1) is 0 Å². The van der Waals surface area contributed by atoms with E-state index in [1.165, 1.54) is 14.0 Å². The molecule has 0 fully saturated rings. The highest BCUT2D eigenvalue weighted by atomic mass is 16.5. The summed E-state index contributed by atoms with van der Waals surface area (Å²) in [4.78, 5) is 27.3.